The van der Waals surface area contributed by atoms with E-state index in [2.05, 4.69) is 0 Å². The van der Waals surface area contributed by atoms with E-state index in [4.69, 9.17) is 23.2 Å². The molecule has 0 aliphatic rings. The van der Waals surface area contributed by atoms with E-state index in [0.717, 1.165) is 0 Å². The van der Waals surface area contributed by atoms with Crippen LogP contribution < -0.4 is 0 Å². The van der Waals surface area contributed by atoms with Crippen LogP contribution in [-0.4, -0.2) is 27.3 Å². The molecule has 5 heteroatoms. The van der Waals surface area contributed by atoms with Gasteiger partial charge in [0, 0.05) is 16.5 Å². The van der Waals surface area contributed by atoms with Crippen LogP contribution in [0.2, 0.25) is 5.02 Å². The van der Waals surface area contributed by atoms with Crippen molar-refractivity contribution in [2.75, 3.05) is 5.88 Å². The Bertz CT molecular complexity index is 368. The molecule has 0 aliphatic heterocycles. The Morgan fingerprint density at radius 2 is 1.94 bits per heavy atom. The third-order valence-corrected chi connectivity index (χ3v) is 2.82. The van der Waals surface area contributed by atoms with Crippen LogP contribution in [0, 0.1) is 6.92 Å². The molecular weight excluding hydrogens is 251 g/mol. The first kappa shape index (κ1) is 13.6. The van der Waals surface area contributed by atoms with Crippen LogP contribution in [0.1, 0.15) is 23.7 Å². The second-order valence-corrected chi connectivity index (χ2v) is 4.46. The van der Waals surface area contributed by atoms with Gasteiger partial charge in [-0.1, -0.05) is 11.6 Å². The molecule has 0 aliphatic carbocycles. The summed E-state index contributed by atoms with van der Waals surface area (Å²) in [6.45, 7) is 1.67. The minimum atomic E-state index is -1.18. The fourth-order valence-electron chi connectivity index (χ4n) is 1.46. The van der Waals surface area contributed by atoms with Gasteiger partial charge in [-0.3, -0.25) is 0 Å². The Hall–Kier alpha value is -0.480. The SMILES string of the molecule is Cc1cc(Cl)cc(C(O)C(O)CCCl)c1O. The number of aliphatic hydroxyl groups excluding tert-OH is 2. The van der Waals surface area contributed by atoms with Gasteiger partial charge >= 0.3 is 0 Å². The fourth-order valence-corrected chi connectivity index (χ4v) is 1.97. The third-order valence-electron chi connectivity index (χ3n) is 2.38. The molecule has 0 saturated heterocycles. The maximum absolute atomic E-state index is 9.82. The zero-order valence-electron chi connectivity index (χ0n) is 8.82. The summed E-state index contributed by atoms with van der Waals surface area (Å²) in [6, 6.07) is 3.02. The standard InChI is InChI=1S/C11H14Cl2O3/c1-6-4-7(13)5-8(10(6)15)11(16)9(14)2-3-12/h4-5,9,11,14-16H,2-3H2,1H3. The lowest BCUT2D eigenvalue weighted by atomic mass is 9.99. The van der Waals surface area contributed by atoms with E-state index >= 15 is 0 Å². The number of aromatic hydroxyl groups is 1. The monoisotopic (exact) mass is 264 g/mol. The highest BCUT2D eigenvalue weighted by molar-refractivity contribution is 6.30. The molecule has 0 spiro atoms. The van der Waals surface area contributed by atoms with Gasteiger partial charge < -0.3 is 15.3 Å². The molecule has 0 aromatic heterocycles. The van der Waals surface area contributed by atoms with Crippen molar-refractivity contribution in [1.82, 2.24) is 0 Å². The average Bonchev–Trinajstić information content (AvgIpc) is 2.22. The van der Waals surface area contributed by atoms with E-state index in [1.165, 1.54) is 6.07 Å². The molecule has 1 rings (SSSR count). The van der Waals surface area contributed by atoms with Crippen molar-refractivity contribution in [2.24, 2.45) is 0 Å². The topological polar surface area (TPSA) is 60.7 Å². The summed E-state index contributed by atoms with van der Waals surface area (Å²) in [5, 5.41) is 29.6. The Balaban J connectivity index is 3.03. The van der Waals surface area contributed by atoms with Gasteiger partial charge in [0.05, 0.1) is 6.10 Å². The zero-order chi connectivity index (χ0) is 12.3. The van der Waals surface area contributed by atoms with Gasteiger partial charge in [-0.15, -0.1) is 11.6 Å². The summed E-state index contributed by atoms with van der Waals surface area (Å²) in [5.74, 6) is 0.184. The Morgan fingerprint density at radius 3 is 2.50 bits per heavy atom. The summed E-state index contributed by atoms with van der Waals surface area (Å²) in [4.78, 5) is 0. The summed E-state index contributed by atoms with van der Waals surface area (Å²) in [7, 11) is 0. The maximum atomic E-state index is 9.82. The number of phenolic OH excluding ortho intramolecular Hbond substituents is 1. The molecule has 0 radical (unpaired) electrons. The maximum Gasteiger partial charge on any atom is 0.124 e. The Kier molecular flexibility index (Phi) is 4.87. The minimum Gasteiger partial charge on any atom is -0.507 e. The number of benzene rings is 1. The number of aryl methyl sites for hydroxylation is 1. The molecule has 1 aromatic rings. The van der Waals surface area contributed by atoms with Gasteiger partial charge in [-0.25, -0.2) is 0 Å². The predicted molar refractivity (Wildman–Crippen MR) is 64.2 cm³/mol. The third kappa shape index (κ3) is 3.01. The predicted octanol–water partition coefficient (Wildman–Crippen LogP) is 2.38. The summed E-state index contributed by atoms with van der Waals surface area (Å²) in [6.07, 6.45) is -1.95. The lowest BCUT2D eigenvalue weighted by Gasteiger charge is -2.19. The zero-order valence-corrected chi connectivity index (χ0v) is 10.3. The molecule has 0 saturated carbocycles. The van der Waals surface area contributed by atoms with Gasteiger partial charge in [0.25, 0.3) is 0 Å². The van der Waals surface area contributed by atoms with Gasteiger partial charge in [-0.2, -0.15) is 0 Å². The van der Waals surface area contributed by atoms with Gasteiger partial charge in [0.1, 0.15) is 11.9 Å². The molecule has 0 amide bonds. The largest absolute Gasteiger partial charge is 0.507 e. The smallest absolute Gasteiger partial charge is 0.124 e. The summed E-state index contributed by atoms with van der Waals surface area (Å²) < 4.78 is 0. The molecule has 2 atom stereocenters. The summed E-state index contributed by atoms with van der Waals surface area (Å²) in [5.41, 5.74) is 0.780. The Morgan fingerprint density at radius 1 is 1.31 bits per heavy atom. The molecule has 3 nitrogen and oxygen atoms in total. The normalized spacial score (nSPS) is 14.8. The lowest BCUT2D eigenvalue weighted by Crippen LogP contribution is -2.19. The first-order chi connectivity index (χ1) is 7.47. The number of alkyl halides is 1. The van der Waals surface area contributed by atoms with Crippen LogP contribution in [0.3, 0.4) is 0 Å². The molecule has 1 aromatic carbocycles. The van der Waals surface area contributed by atoms with Crippen LogP contribution in [0.5, 0.6) is 5.75 Å². The van der Waals surface area contributed by atoms with E-state index in [1.807, 2.05) is 0 Å². The van der Waals surface area contributed by atoms with E-state index < -0.39 is 12.2 Å². The van der Waals surface area contributed by atoms with Crippen molar-refractivity contribution in [3.8, 4) is 5.75 Å². The van der Waals surface area contributed by atoms with Crippen LogP contribution >= 0.6 is 23.2 Å². The lowest BCUT2D eigenvalue weighted by molar-refractivity contribution is 0.0156. The Labute approximate surface area is 104 Å². The molecular formula is C11H14Cl2O3. The highest BCUT2D eigenvalue weighted by atomic mass is 35.5. The molecule has 0 bridgehead atoms. The molecule has 0 heterocycles. The van der Waals surface area contributed by atoms with Crippen LogP contribution in [0.4, 0.5) is 0 Å². The minimum absolute atomic E-state index is 0.0504. The van der Waals surface area contributed by atoms with Crippen molar-refractivity contribution in [1.29, 1.82) is 0 Å². The number of aliphatic hydroxyl groups is 2. The van der Waals surface area contributed by atoms with Crippen LogP contribution in [-0.2, 0) is 0 Å². The van der Waals surface area contributed by atoms with Crippen LogP contribution in [0.15, 0.2) is 12.1 Å². The highest BCUT2D eigenvalue weighted by Gasteiger charge is 2.22. The number of phenols is 1. The second kappa shape index (κ2) is 5.73. The molecule has 90 valence electrons. The van der Waals surface area contributed by atoms with E-state index in [-0.39, 0.29) is 23.6 Å². The summed E-state index contributed by atoms with van der Waals surface area (Å²) >= 11 is 11.3. The van der Waals surface area contributed by atoms with E-state index in [0.29, 0.717) is 10.6 Å². The van der Waals surface area contributed by atoms with Crippen molar-refractivity contribution in [3.05, 3.63) is 28.3 Å². The molecule has 3 N–H and O–H groups in total. The first-order valence-corrected chi connectivity index (χ1v) is 5.79. The van der Waals surface area contributed by atoms with Crippen molar-refractivity contribution >= 4 is 23.2 Å². The molecule has 16 heavy (non-hydrogen) atoms. The van der Waals surface area contributed by atoms with Crippen molar-refractivity contribution in [2.45, 2.75) is 25.6 Å². The average molecular weight is 265 g/mol. The van der Waals surface area contributed by atoms with Gasteiger partial charge in [0.15, 0.2) is 0 Å². The van der Waals surface area contributed by atoms with Crippen LogP contribution in [0.25, 0.3) is 0 Å². The quantitative estimate of drug-likeness (QED) is 0.732. The van der Waals surface area contributed by atoms with Crippen molar-refractivity contribution < 1.29 is 15.3 Å². The van der Waals surface area contributed by atoms with Crippen molar-refractivity contribution in [3.63, 3.8) is 0 Å². The number of halogens is 2. The number of hydrogen-bond acceptors (Lipinski definition) is 3. The fraction of sp³-hybridized carbons (Fsp3) is 0.455. The second-order valence-electron chi connectivity index (χ2n) is 3.65. The molecule has 2 unspecified atom stereocenters. The first-order valence-electron chi connectivity index (χ1n) is 4.88. The van der Waals surface area contributed by atoms with Gasteiger partial charge in [0.2, 0.25) is 0 Å². The number of hydrogen-bond donors (Lipinski definition) is 3. The van der Waals surface area contributed by atoms with E-state index in [1.54, 1.807) is 13.0 Å². The highest BCUT2D eigenvalue weighted by Crippen LogP contribution is 2.33. The molecule has 0 fully saturated rings. The van der Waals surface area contributed by atoms with E-state index in [9.17, 15) is 15.3 Å². The number of rotatable bonds is 4. The van der Waals surface area contributed by atoms with Gasteiger partial charge in [-0.05, 0) is 31.0 Å².